The van der Waals surface area contributed by atoms with Gasteiger partial charge in [-0.15, -0.1) is 0 Å². The predicted octanol–water partition coefficient (Wildman–Crippen LogP) is 0.662. The predicted molar refractivity (Wildman–Crippen MR) is 48.3 cm³/mol. The van der Waals surface area contributed by atoms with Gasteiger partial charge in [0.1, 0.15) is 0 Å². The van der Waals surface area contributed by atoms with Crippen molar-refractivity contribution in [2.75, 3.05) is 12.3 Å². The quantitative estimate of drug-likeness (QED) is 0.699. The maximum atomic E-state index is 11.2. The molecule has 1 aromatic rings. The van der Waals surface area contributed by atoms with E-state index in [9.17, 15) is 4.79 Å². The summed E-state index contributed by atoms with van der Waals surface area (Å²) in [6.45, 7) is 4.67. The topological polar surface area (TPSA) is 70.1 Å². The monoisotopic (exact) mass is 183 g/mol. The Kier molecular flexibility index (Phi) is 2.89. The molecule has 0 bridgehead atoms. The molecule has 72 valence electrons. The van der Waals surface area contributed by atoms with E-state index in [1.807, 2.05) is 6.92 Å². The first-order valence-corrected chi connectivity index (χ1v) is 4.19. The van der Waals surface area contributed by atoms with Crippen LogP contribution in [0, 0.1) is 0 Å². The van der Waals surface area contributed by atoms with Crippen LogP contribution >= 0.6 is 0 Å². The highest BCUT2D eigenvalue weighted by atomic mass is 16.5. The van der Waals surface area contributed by atoms with Crippen LogP contribution in [0.3, 0.4) is 0 Å². The number of hydrogen-bond donors (Lipinski definition) is 1. The van der Waals surface area contributed by atoms with Crippen molar-refractivity contribution in [2.24, 2.45) is 0 Å². The Balaban J connectivity index is 2.87. The van der Waals surface area contributed by atoms with Gasteiger partial charge in [0.15, 0.2) is 5.69 Å². The van der Waals surface area contributed by atoms with Crippen LogP contribution < -0.4 is 5.73 Å². The van der Waals surface area contributed by atoms with Crippen LogP contribution in [0.5, 0.6) is 0 Å². The molecule has 0 saturated heterocycles. The minimum atomic E-state index is -0.466. The second kappa shape index (κ2) is 3.93. The molecule has 13 heavy (non-hydrogen) atoms. The first kappa shape index (κ1) is 9.57. The molecule has 0 aromatic carbocycles. The van der Waals surface area contributed by atoms with Crippen LogP contribution in [-0.4, -0.2) is 22.4 Å². The van der Waals surface area contributed by atoms with E-state index in [2.05, 4.69) is 5.10 Å². The van der Waals surface area contributed by atoms with Crippen LogP contribution in [0.25, 0.3) is 0 Å². The zero-order valence-electron chi connectivity index (χ0n) is 7.78. The average molecular weight is 183 g/mol. The molecule has 0 aliphatic rings. The molecular weight excluding hydrogens is 170 g/mol. The van der Waals surface area contributed by atoms with Crippen molar-refractivity contribution in [3.63, 3.8) is 0 Å². The lowest BCUT2D eigenvalue weighted by Gasteiger charge is -1.97. The Morgan fingerprint density at radius 1 is 1.69 bits per heavy atom. The van der Waals surface area contributed by atoms with E-state index in [-0.39, 0.29) is 5.69 Å². The van der Waals surface area contributed by atoms with Gasteiger partial charge in [-0.25, -0.2) is 4.79 Å². The number of hydrogen-bond acceptors (Lipinski definition) is 4. The molecule has 0 unspecified atom stereocenters. The van der Waals surface area contributed by atoms with Gasteiger partial charge >= 0.3 is 5.97 Å². The molecule has 0 radical (unpaired) electrons. The Bertz CT molecular complexity index is 306. The number of carbonyl (C=O) groups is 1. The van der Waals surface area contributed by atoms with Crippen LogP contribution in [-0.2, 0) is 11.3 Å². The largest absolute Gasteiger partial charge is 0.461 e. The summed E-state index contributed by atoms with van der Waals surface area (Å²) in [6, 6.07) is 0. The summed E-state index contributed by atoms with van der Waals surface area (Å²) >= 11 is 0. The molecule has 0 saturated carbocycles. The van der Waals surface area contributed by atoms with E-state index >= 15 is 0 Å². The molecule has 0 fully saturated rings. The van der Waals surface area contributed by atoms with Gasteiger partial charge in [0.05, 0.1) is 12.3 Å². The Morgan fingerprint density at radius 3 is 2.85 bits per heavy atom. The van der Waals surface area contributed by atoms with Crippen LogP contribution in [0.4, 0.5) is 5.69 Å². The summed E-state index contributed by atoms with van der Waals surface area (Å²) < 4.78 is 6.37. The molecule has 5 heteroatoms. The fourth-order valence-electron chi connectivity index (χ4n) is 0.957. The second-order valence-corrected chi connectivity index (χ2v) is 2.51. The van der Waals surface area contributed by atoms with E-state index in [1.54, 1.807) is 17.8 Å². The standard InChI is InChI=1S/C8H13N3O2/c1-3-11-5-6(9)7(10-11)8(12)13-4-2/h5H,3-4,9H2,1-2H3. The molecule has 0 aliphatic heterocycles. The fourth-order valence-corrected chi connectivity index (χ4v) is 0.957. The number of anilines is 1. The number of aromatic nitrogens is 2. The van der Waals surface area contributed by atoms with Gasteiger partial charge in [-0.3, -0.25) is 4.68 Å². The van der Waals surface area contributed by atoms with E-state index < -0.39 is 5.97 Å². The summed E-state index contributed by atoms with van der Waals surface area (Å²) in [4.78, 5) is 11.2. The van der Waals surface area contributed by atoms with Crippen molar-refractivity contribution in [3.05, 3.63) is 11.9 Å². The zero-order valence-corrected chi connectivity index (χ0v) is 7.78. The van der Waals surface area contributed by atoms with E-state index in [0.717, 1.165) is 0 Å². The molecule has 2 N–H and O–H groups in total. The van der Waals surface area contributed by atoms with E-state index in [1.165, 1.54) is 0 Å². The highest BCUT2D eigenvalue weighted by molar-refractivity contribution is 5.92. The van der Waals surface area contributed by atoms with Gasteiger partial charge in [0.2, 0.25) is 0 Å². The molecule has 1 heterocycles. The summed E-state index contributed by atoms with van der Waals surface area (Å²) in [6.07, 6.45) is 1.62. The first-order chi connectivity index (χ1) is 6.19. The van der Waals surface area contributed by atoms with Crippen molar-refractivity contribution in [3.8, 4) is 0 Å². The van der Waals surface area contributed by atoms with Crippen LogP contribution in [0.2, 0.25) is 0 Å². The van der Waals surface area contributed by atoms with Gasteiger partial charge in [0, 0.05) is 12.7 Å². The molecule has 0 atom stereocenters. The number of ether oxygens (including phenoxy) is 1. The number of nitrogens with zero attached hydrogens (tertiary/aromatic N) is 2. The zero-order chi connectivity index (χ0) is 9.84. The van der Waals surface area contributed by atoms with Crippen molar-refractivity contribution in [2.45, 2.75) is 20.4 Å². The van der Waals surface area contributed by atoms with Crippen molar-refractivity contribution < 1.29 is 9.53 Å². The van der Waals surface area contributed by atoms with Crippen LogP contribution in [0.15, 0.2) is 6.20 Å². The van der Waals surface area contributed by atoms with E-state index in [0.29, 0.717) is 18.8 Å². The molecule has 5 nitrogen and oxygen atoms in total. The Labute approximate surface area is 76.5 Å². The van der Waals surface area contributed by atoms with Gasteiger partial charge in [-0.1, -0.05) is 0 Å². The molecule has 0 aliphatic carbocycles. The summed E-state index contributed by atoms with van der Waals surface area (Å²) in [5, 5.41) is 3.96. The maximum absolute atomic E-state index is 11.2. The van der Waals surface area contributed by atoms with Crippen molar-refractivity contribution in [1.82, 2.24) is 9.78 Å². The van der Waals surface area contributed by atoms with Crippen LogP contribution in [0.1, 0.15) is 24.3 Å². The number of carbonyl (C=O) groups excluding carboxylic acids is 1. The summed E-state index contributed by atoms with van der Waals surface area (Å²) in [7, 11) is 0. The summed E-state index contributed by atoms with van der Waals surface area (Å²) in [5.74, 6) is -0.466. The number of nitrogens with two attached hydrogens (primary N) is 1. The van der Waals surface area contributed by atoms with Crippen molar-refractivity contribution in [1.29, 1.82) is 0 Å². The Hall–Kier alpha value is -1.52. The lowest BCUT2D eigenvalue weighted by Crippen LogP contribution is -2.08. The van der Waals surface area contributed by atoms with Crippen molar-refractivity contribution >= 4 is 11.7 Å². The highest BCUT2D eigenvalue weighted by Crippen LogP contribution is 2.09. The molecule has 1 aromatic heterocycles. The minimum Gasteiger partial charge on any atom is -0.461 e. The second-order valence-electron chi connectivity index (χ2n) is 2.51. The third kappa shape index (κ3) is 1.99. The fraction of sp³-hybridized carbons (Fsp3) is 0.500. The molecule has 0 spiro atoms. The van der Waals surface area contributed by atoms with E-state index in [4.69, 9.17) is 10.5 Å². The Morgan fingerprint density at radius 2 is 2.38 bits per heavy atom. The van der Waals surface area contributed by atoms with Gasteiger partial charge < -0.3 is 10.5 Å². The van der Waals surface area contributed by atoms with Gasteiger partial charge in [-0.2, -0.15) is 5.10 Å². The minimum absolute atomic E-state index is 0.198. The number of rotatable bonds is 3. The number of aryl methyl sites for hydroxylation is 1. The first-order valence-electron chi connectivity index (χ1n) is 4.19. The lowest BCUT2D eigenvalue weighted by atomic mass is 10.4. The molecular formula is C8H13N3O2. The highest BCUT2D eigenvalue weighted by Gasteiger charge is 2.14. The number of esters is 1. The number of nitrogen functional groups attached to an aromatic ring is 1. The molecule has 1 rings (SSSR count). The third-order valence-corrected chi connectivity index (χ3v) is 1.58. The molecule has 0 amide bonds. The van der Waals surface area contributed by atoms with Gasteiger partial charge in [-0.05, 0) is 13.8 Å². The third-order valence-electron chi connectivity index (χ3n) is 1.58. The normalized spacial score (nSPS) is 10.0. The smallest absolute Gasteiger partial charge is 0.361 e. The lowest BCUT2D eigenvalue weighted by molar-refractivity contribution is 0.0519. The summed E-state index contributed by atoms with van der Waals surface area (Å²) in [5.41, 5.74) is 6.12. The average Bonchev–Trinajstić information content (AvgIpc) is 2.47. The van der Waals surface area contributed by atoms with Gasteiger partial charge in [0.25, 0.3) is 0 Å². The maximum Gasteiger partial charge on any atom is 0.361 e. The SMILES string of the molecule is CCOC(=O)c1nn(CC)cc1N.